The molecular formula is C21H31FN2O3. The number of ether oxygens (including phenoxy) is 2. The molecule has 0 aliphatic carbocycles. The van der Waals surface area contributed by atoms with Gasteiger partial charge >= 0.3 is 0 Å². The number of aryl methyl sites for hydroxylation is 1. The van der Waals surface area contributed by atoms with Crippen LogP contribution in [0.25, 0.3) is 0 Å². The molecule has 1 aromatic carbocycles. The smallest absolute Gasteiger partial charge is 0.223 e. The predicted octanol–water partition coefficient (Wildman–Crippen LogP) is 2.87. The largest absolute Gasteiger partial charge is 0.494 e. The van der Waals surface area contributed by atoms with Gasteiger partial charge in [0.25, 0.3) is 0 Å². The van der Waals surface area contributed by atoms with E-state index in [1.54, 1.807) is 6.07 Å². The summed E-state index contributed by atoms with van der Waals surface area (Å²) < 4.78 is 24.6. The second kappa shape index (κ2) is 9.02. The van der Waals surface area contributed by atoms with E-state index in [1.807, 2.05) is 11.0 Å². The first-order chi connectivity index (χ1) is 13.0. The van der Waals surface area contributed by atoms with Gasteiger partial charge < -0.3 is 14.4 Å². The van der Waals surface area contributed by atoms with Crippen LogP contribution in [0.15, 0.2) is 18.2 Å². The summed E-state index contributed by atoms with van der Waals surface area (Å²) in [5.74, 6) is 0.0267. The molecule has 2 saturated heterocycles. The minimum atomic E-state index is -0.378. The minimum Gasteiger partial charge on any atom is -0.494 e. The monoisotopic (exact) mass is 378 g/mol. The first-order valence-corrected chi connectivity index (χ1v) is 9.96. The van der Waals surface area contributed by atoms with Crippen molar-refractivity contribution in [3.05, 3.63) is 29.6 Å². The molecule has 27 heavy (non-hydrogen) atoms. The number of nitrogens with zero attached hydrogens (tertiary/aromatic N) is 2. The van der Waals surface area contributed by atoms with Gasteiger partial charge in [-0.1, -0.05) is 6.07 Å². The molecule has 0 saturated carbocycles. The topological polar surface area (TPSA) is 42.0 Å². The highest BCUT2D eigenvalue weighted by atomic mass is 19.1. The van der Waals surface area contributed by atoms with Crippen LogP contribution < -0.4 is 4.74 Å². The molecule has 2 heterocycles. The molecule has 2 aliphatic rings. The summed E-state index contributed by atoms with van der Waals surface area (Å²) in [6.07, 6.45) is 3.56. The Hall–Kier alpha value is -1.66. The second-order valence-corrected chi connectivity index (χ2v) is 7.83. The fourth-order valence-electron chi connectivity index (χ4n) is 4.35. The summed E-state index contributed by atoms with van der Waals surface area (Å²) in [6.45, 7) is 7.81. The standard InChI is InChI=1S/C21H31FN2O3/c1-15-12-23(13-16(2)27-15)14-18-5-4-10-24(18)21(25)9-7-17-6-8-20(26-3)19(22)11-17/h6,8,11,15-16,18H,4-5,7,9-10,12-14H2,1-3H3/t15-,16-,18+/m0/s1. The summed E-state index contributed by atoms with van der Waals surface area (Å²) in [6, 6.07) is 5.19. The van der Waals surface area contributed by atoms with Gasteiger partial charge in [-0.05, 0) is 50.8 Å². The van der Waals surface area contributed by atoms with E-state index in [1.165, 1.54) is 13.2 Å². The van der Waals surface area contributed by atoms with Crippen molar-refractivity contribution in [1.82, 2.24) is 9.80 Å². The van der Waals surface area contributed by atoms with E-state index in [2.05, 4.69) is 18.7 Å². The number of carbonyl (C=O) groups excluding carboxylic acids is 1. The number of hydrogen-bond acceptors (Lipinski definition) is 4. The van der Waals surface area contributed by atoms with Crippen molar-refractivity contribution in [2.24, 2.45) is 0 Å². The molecule has 0 bridgehead atoms. The van der Waals surface area contributed by atoms with Gasteiger partial charge in [0.1, 0.15) is 0 Å². The maximum Gasteiger partial charge on any atom is 0.223 e. The summed E-state index contributed by atoms with van der Waals surface area (Å²) >= 11 is 0. The Morgan fingerprint density at radius 1 is 1.30 bits per heavy atom. The van der Waals surface area contributed by atoms with Crippen LogP contribution >= 0.6 is 0 Å². The molecule has 5 nitrogen and oxygen atoms in total. The highest BCUT2D eigenvalue weighted by Crippen LogP contribution is 2.23. The first-order valence-electron chi connectivity index (χ1n) is 9.96. The van der Waals surface area contributed by atoms with E-state index in [0.717, 1.165) is 44.6 Å². The minimum absolute atomic E-state index is 0.170. The molecular weight excluding hydrogens is 347 g/mol. The number of morpholine rings is 1. The highest BCUT2D eigenvalue weighted by molar-refractivity contribution is 5.77. The van der Waals surface area contributed by atoms with Crippen molar-refractivity contribution >= 4 is 5.91 Å². The van der Waals surface area contributed by atoms with Crippen molar-refractivity contribution in [1.29, 1.82) is 0 Å². The molecule has 1 amide bonds. The summed E-state index contributed by atoms with van der Waals surface area (Å²) in [5.41, 5.74) is 0.827. The Kier molecular flexibility index (Phi) is 6.71. The summed E-state index contributed by atoms with van der Waals surface area (Å²) in [4.78, 5) is 17.2. The number of amides is 1. The van der Waals surface area contributed by atoms with E-state index in [-0.39, 0.29) is 35.7 Å². The van der Waals surface area contributed by atoms with Crippen LogP contribution in [-0.2, 0) is 16.0 Å². The average molecular weight is 378 g/mol. The van der Waals surface area contributed by atoms with Gasteiger partial charge in [-0.2, -0.15) is 0 Å². The van der Waals surface area contributed by atoms with Crippen molar-refractivity contribution in [2.75, 3.05) is 33.3 Å². The second-order valence-electron chi connectivity index (χ2n) is 7.83. The average Bonchev–Trinajstić information content (AvgIpc) is 3.07. The molecule has 2 fully saturated rings. The maximum atomic E-state index is 13.8. The number of rotatable bonds is 6. The van der Waals surface area contributed by atoms with Gasteiger partial charge in [0, 0.05) is 38.6 Å². The third-order valence-electron chi connectivity index (χ3n) is 5.51. The van der Waals surface area contributed by atoms with Crippen LogP contribution in [0.3, 0.4) is 0 Å². The third-order valence-corrected chi connectivity index (χ3v) is 5.51. The number of likely N-dealkylation sites (tertiary alicyclic amines) is 1. The number of carbonyl (C=O) groups is 1. The molecule has 0 N–H and O–H groups in total. The lowest BCUT2D eigenvalue weighted by Gasteiger charge is -2.38. The fraction of sp³-hybridized carbons (Fsp3) is 0.667. The third kappa shape index (κ3) is 5.20. The molecule has 0 unspecified atom stereocenters. The van der Waals surface area contributed by atoms with Crippen molar-refractivity contribution in [3.8, 4) is 5.75 Å². The van der Waals surface area contributed by atoms with Gasteiger partial charge in [-0.25, -0.2) is 4.39 Å². The Bertz CT molecular complexity index is 644. The first kappa shape index (κ1) is 20.1. The number of methoxy groups -OCH3 is 1. The lowest BCUT2D eigenvalue weighted by atomic mass is 10.1. The predicted molar refractivity (Wildman–Crippen MR) is 102 cm³/mol. The molecule has 3 rings (SSSR count). The van der Waals surface area contributed by atoms with Crippen LogP contribution in [0, 0.1) is 5.82 Å². The Labute approximate surface area is 161 Å². The van der Waals surface area contributed by atoms with E-state index >= 15 is 0 Å². The lowest BCUT2D eigenvalue weighted by molar-refractivity contribution is -0.133. The zero-order valence-corrected chi connectivity index (χ0v) is 16.6. The Morgan fingerprint density at radius 2 is 2.04 bits per heavy atom. The zero-order valence-electron chi connectivity index (χ0n) is 16.6. The molecule has 2 aliphatic heterocycles. The highest BCUT2D eigenvalue weighted by Gasteiger charge is 2.32. The number of halogens is 1. The van der Waals surface area contributed by atoms with Gasteiger partial charge in [0.15, 0.2) is 11.6 Å². The van der Waals surface area contributed by atoms with Crippen LogP contribution in [-0.4, -0.2) is 67.2 Å². The summed E-state index contributed by atoms with van der Waals surface area (Å²) in [5, 5.41) is 0. The van der Waals surface area contributed by atoms with Crippen molar-refractivity contribution in [3.63, 3.8) is 0 Å². The van der Waals surface area contributed by atoms with Gasteiger partial charge in [-0.15, -0.1) is 0 Å². The lowest BCUT2D eigenvalue weighted by Crippen LogP contribution is -2.50. The molecule has 3 atom stereocenters. The number of hydrogen-bond donors (Lipinski definition) is 0. The van der Waals surface area contributed by atoms with E-state index in [9.17, 15) is 9.18 Å². The van der Waals surface area contributed by atoms with Crippen molar-refractivity contribution in [2.45, 2.75) is 57.8 Å². The molecule has 0 aromatic heterocycles. The molecule has 1 aromatic rings. The van der Waals surface area contributed by atoms with Crippen LogP contribution in [0.2, 0.25) is 0 Å². The quantitative estimate of drug-likeness (QED) is 0.763. The van der Waals surface area contributed by atoms with E-state index < -0.39 is 0 Å². The van der Waals surface area contributed by atoms with Crippen LogP contribution in [0.4, 0.5) is 4.39 Å². The molecule has 0 spiro atoms. The van der Waals surface area contributed by atoms with E-state index in [0.29, 0.717) is 12.8 Å². The van der Waals surface area contributed by atoms with Crippen LogP contribution in [0.5, 0.6) is 5.75 Å². The fourth-order valence-corrected chi connectivity index (χ4v) is 4.35. The molecule has 150 valence electrons. The normalized spacial score (nSPS) is 26.4. The van der Waals surface area contributed by atoms with Crippen LogP contribution in [0.1, 0.15) is 38.7 Å². The zero-order chi connectivity index (χ0) is 19.4. The molecule has 0 radical (unpaired) electrons. The number of benzene rings is 1. The van der Waals surface area contributed by atoms with Crippen molar-refractivity contribution < 1.29 is 18.7 Å². The van der Waals surface area contributed by atoms with Gasteiger partial charge in [0.2, 0.25) is 5.91 Å². The molecule has 6 heteroatoms. The maximum absolute atomic E-state index is 13.8. The van der Waals surface area contributed by atoms with Gasteiger partial charge in [0.05, 0.1) is 19.3 Å². The SMILES string of the molecule is COc1ccc(CCC(=O)N2CCC[C@@H]2CN2C[C@H](C)O[C@@H](C)C2)cc1F. The van der Waals surface area contributed by atoms with E-state index in [4.69, 9.17) is 9.47 Å². The Morgan fingerprint density at radius 3 is 2.70 bits per heavy atom. The van der Waals surface area contributed by atoms with Gasteiger partial charge in [-0.3, -0.25) is 9.69 Å². The summed E-state index contributed by atoms with van der Waals surface area (Å²) in [7, 11) is 1.45. The Balaban J connectivity index is 1.53.